The number of amides is 1. The molecule has 1 unspecified atom stereocenters. The number of rotatable bonds is 6. The summed E-state index contributed by atoms with van der Waals surface area (Å²) in [6.45, 7) is 3.86. The van der Waals surface area contributed by atoms with Crippen molar-refractivity contribution in [2.24, 2.45) is 5.10 Å². The van der Waals surface area contributed by atoms with Gasteiger partial charge in [0.15, 0.2) is 11.8 Å². The Morgan fingerprint density at radius 2 is 2.15 bits per heavy atom. The van der Waals surface area contributed by atoms with Crippen LogP contribution in [0.25, 0.3) is 10.9 Å². The fraction of sp³-hybridized carbons (Fsp3) is 0.444. The minimum absolute atomic E-state index is 0.218. The first kappa shape index (κ1) is 17.9. The second-order valence-corrected chi connectivity index (χ2v) is 5.90. The molecule has 8 nitrogen and oxygen atoms in total. The van der Waals surface area contributed by atoms with E-state index in [4.69, 9.17) is 14.0 Å². The molecule has 2 aromatic rings. The maximum atomic E-state index is 12.4. The molecule has 1 aromatic carbocycles. The molecule has 138 valence electrons. The summed E-state index contributed by atoms with van der Waals surface area (Å²) in [4.78, 5) is 24.7. The molecule has 0 saturated heterocycles. The molecule has 0 fully saturated rings. The molecule has 8 heteroatoms. The monoisotopic (exact) mass is 359 g/mol. The Bertz CT molecular complexity index is 858. The number of aromatic nitrogens is 1. The van der Waals surface area contributed by atoms with Gasteiger partial charge in [0.25, 0.3) is 0 Å². The van der Waals surface area contributed by atoms with E-state index in [1.165, 1.54) is 5.01 Å². The maximum absolute atomic E-state index is 12.4. The predicted octanol–water partition coefficient (Wildman–Crippen LogP) is 2.50. The third-order valence-electron chi connectivity index (χ3n) is 4.13. The first-order valence-electron chi connectivity index (χ1n) is 8.59. The number of ether oxygens (including phenoxy) is 2. The molecule has 0 bridgehead atoms. The van der Waals surface area contributed by atoms with Crippen molar-refractivity contribution in [3.05, 3.63) is 24.0 Å². The van der Waals surface area contributed by atoms with Crippen LogP contribution in [0.4, 0.5) is 0 Å². The summed E-state index contributed by atoms with van der Waals surface area (Å²) in [5.41, 5.74) is 1.14. The fourth-order valence-electron chi connectivity index (χ4n) is 2.88. The zero-order chi connectivity index (χ0) is 18.7. The Kier molecular flexibility index (Phi) is 5.20. The van der Waals surface area contributed by atoms with Gasteiger partial charge in [0.1, 0.15) is 17.0 Å². The first-order valence-corrected chi connectivity index (χ1v) is 8.59. The zero-order valence-corrected chi connectivity index (χ0v) is 15.0. The van der Waals surface area contributed by atoms with Crippen molar-refractivity contribution < 1.29 is 23.6 Å². The highest BCUT2D eigenvalue weighted by Crippen LogP contribution is 2.29. The lowest BCUT2D eigenvalue weighted by molar-refractivity contribution is -0.153. The van der Waals surface area contributed by atoms with E-state index in [-0.39, 0.29) is 18.9 Å². The van der Waals surface area contributed by atoms with Crippen LogP contribution in [0.5, 0.6) is 5.75 Å². The van der Waals surface area contributed by atoms with E-state index in [0.29, 0.717) is 35.6 Å². The number of esters is 1. The smallest absolute Gasteiger partial charge is 0.331 e. The van der Waals surface area contributed by atoms with Crippen LogP contribution in [-0.2, 0) is 14.3 Å². The molecule has 26 heavy (non-hydrogen) atoms. The van der Waals surface area contributed by atoms with E-state index in [0.717, 1.165) is 5.39 Å². The Labute approximate surface area is 150 Å². The fourth-order valence-corrected chi connectivity index (χ4v) is 2.88. The van der Waals surface area contributed by atoms with Crippen molar-refractivity contribution in [1.82, 2.24) is 10.2 Å². The third kappa shape index (κ3) is 3.26. The van der Waals surface area contributed by atoms with Gasteiger partial charge in [0.05, 0.1) is 19.1 Å². The van der Waals surface area contributed by atoms with E-state index in [2.05, 4.69) is 10.3 Å². The van der Waals surface area contributed by atoms with Gasteiger partial charge in [-0.2, -0.15) is 5.10 Å². The SMILES string of the molecule is CCCC(=O)N1N=C(c2onc3ccc(OC)cc23)CC1C(=O)OCC. The molecule has 1 aliphatic heterocycles. The lowest BCUT2D eigenvalue weighted by Crippen LogP contribution is -2.39. The Hall–Kier alpha value is -2.90. The number of methoxy groups -OCH3 is 1. The van der Waals surface area contributed by atoms with Crippen molar-refractivity contribution in [3.8, 4) is 5.75 Å². The van der Waals surface area contributed by atoms with Gasteiger partial charge in [-0.1, -0.05) is 12.1 Å². The van der Waals surface area contributed by atoms with E-state index >= 15 is 0 Å². The number of hydrazone groups is 1. The van der Waals surface area contributed by atoms with Crippen molar-refractivity contribution >= 4 is 28.5 Å². The molecular weight excluding hydrogens is 338 g/mol. The maximum Gasteiger partial charge on any atom is 0.331 e. The summed E-state index contributed by atoms with van der Waals surface area (Å²) < 4.78 is 15.8. The molecule has 1 atom stereocenters. The van der Waals surface area contributed by atoms with E-state index in [1.807, 2.05) is 6.92 Å². The zero-order valence-electron chi connectivity index (χ0n) is 15.0. The number of carbonyl (C=O) groups excluding carboxylic acids is 2. The Morgan fingerprint density at radius 3 is 2.85 bits per heavy atom. The van der Waals surface area contributed by atoms with Gasteiger partial charge >= 0.3 is 5.97 Å². The molecule has 1 aliphatic rings. The molecule has 2 heterocycles. The number of nitrogens with zero attached hydrogens (tertiary/aromatic N) is 3. The standard InChI is InChI=1S/C18H21N3O5/c1-4-6-16(22)21-15(18(23)25-5-2)10-14(19-21)17-12-9-11(24-3)7-8-13(12)20-26-17/h7-9,15H,4-6,10H2,1-3H3. The van der Waals surface area contributed by atoms with E-state index < -0.39 is 12.0 Å². The average molecular weight is 359 g/mol. The summed E-state index contributed by atoms with van der Waals surface area (Å²) in [7, 11) is 1.57. The van der Waals surface area contributed by atoms with Gasteiger partial charge in [-0.15, -0.1) is 0 Å². The van der Waals surface area contributed by atoms with Crippen LogP contribution in [0.1, 0.15) is 38.9 Å². The minimum Gasteiger partial charge on any atom is -0.497 e. The van der Waals surface area contributed by atoms with Gasteiger partial charge in [-0.25, -0.2) is 9.80 Å². The molecule has 0 aliphatic carbocycles. The average Bonchev–Trinajstić information content (AvgIpc) is 3.25. The number of benzene rings is 1. The second-order valence-electron chi connectivity index (χ2n) is 5.90. The van der Waals surface area contributed by atoms with Crippen LogP contribution < -0.4 is 4.74 Å². The summed E-state index contributed by atoms with van der Waals surface area (Å²) in [5.74, 6) is 0.389. The molecule has 3 rings (SSSR count). The highest BCUT2D eigenvalue weighted by Gasteiger charge is 2.39. The third-order valence-corrected chi connectivity index (χ3v) is 4.13. The highest BCUT2D eigenvalue weighted by molar-refractivity contribution is 6.11. The molecule has 1 amide bonds. The van der Waals surface area contributed by atoms with Crippen LogP contribution >= 0.6 is 0 Å². The quantitative estimate of drug-likeness (QED) is 0.736. The molecular formula is C18H21N3O5. The molecule has 0 saturated carbocycles. The first-order chi connectivity index (χ1) is 12.6. The van der Waals surface area contributed by atoms with Gasteiger partial charge < -0.3 is 14.0 Å². The Morgan fingerprint density at radius 1 is 1.35 bits per heavy atom. The van der Waals surface area contributed by atoms with Gasteiger partial charge in [-0.05, 0) is 31.5 Å². The molecule has 1 aromatic heterocycles. The topological polar surface area (TPSA) is 94.2 Å². The van der Waals surface area contributed by atoms with Gasteiger partial charge in [0, 0.05) is 12.8 Å². The molecule has 0 radical (unpaired) electrons. The lowest BCUT2D eigenvalue weighted by Gasteiger charge is -2.19. The van der Waals surface area contributed by atoms with Crippen LogP contribution in [0.2, 0.25) is 0 Å². The largest absolute Gasteiger partial charge is 0.497 e. The number of hydrogen-bond donors (Lipinski definition) is 0. The lowest BCUT2D eigenvalue weighted by atomic mass is 10.1. The number of hydrogen-bond acceptors (Lipinski definition) is 7. The van der Waals surface area contributed by atoms with E-state index in [9.17, 15) is 9.59 Å². The van der Waals surface area contributed by atoms with Crippen LogP contribution in [0.3, 0.4) is 0 Å². The van der Waals surface area contributed by atoms with Crippen molar-refractivity contribution in [3.63, 3.8) is 0 Å². The van der Waals surface area contributed by atoms with Crippen LogP contribution in [-0.4, -0.2) is 47.5 Å². The summed E-state index contributed by atoms with van der Waals surface area (Å²) in [6, 6.07) is 4.57. The van der Waals surface area contributed by atoms with Crippen LogP contribution in [0, 0.1) is 0 Å². The summed E-state index contributed by atoms with van der Waals surface area (Å²) in [5, 5.41) is 10.3. The Balaban J connectivity index is 1.98. The summed E-state index contributed by atoms with van der Waals surface area (Å²) >= 11 is 0. The highest BCUT2D eigenvalue weighted by atomic mass is 16.5. The minimum atomic E-state index is -0.783. The van der Waals surface area contributed by atoms with Gasteiger partial charge in [0.2, 0.25) is 5.91 Å². The van der Waals surface area contributed by atoms with Crippen molar-refractivity contribution in [2.45, 2.75) is 39.2 Å². The second kappa shape index (κ2) is 7.55. The predicted molar refractivity (Wildman–Crippen MR) is 93.9 cm³/mol. The van der Waals surface area contributed by atoms with Gasteiger partial charge in [-0.3, -0.25) is 4.79 Å². The number of carbonyl (C=O) groups is 2. The number of fused-ring (bicyclic) bond motifs is 1. The molecule has 0 N–H and O–H groups in total. The van der Waals surface area contributed by atoms with Crippen molar-refractivity contribution in [2.75, 3.05) is 13.7 Å². The normalized spacial score (nSPS) is 16.7. The van der Waals surface area contributed by atoms with E-state index in [1.54, 1.807) is 32.2 Å². The molecule has 0 spiro atoms. The summed E-state index contributed by atoms with van der Waals surface area (Å²) in [6.07, 6.45) is 1.19. The van der Waals surface area contributed by atoms with Crippen LogP contribution in [0.15, 0.2) is 27.8 Å². The van der Waals surface area contributed by atoms with Crippen molar-refractivity contribution in [1.29, 1.82) is 0 Å².